The van der Waals surface area contributed by atoms with Gasteiger partial charge >= 0.3 is 0 Å². The number of rotatable bonds is 4. The van der Waals surface area contributed by atoms with Crippen LogP contribution in [-0.2, 0) is 11.3 Å². The van der Waals surface area contributed by atoms with Gasteiger partial charge in [0.05, 0.1) is 18.8 Å². The summed E-state index contributed by atoms with van der Waals surface area (Å²) < 4.78 is 5.37. The monoisotopic (exact) mass is 311 g/mol. The van der Waals surface area contributed by atoms with Gasteiger partial charge < -0.3 is 15.0 Å². The van der Waals surface area contributed by atoms with E-state index in [9.17, 15) is 4.79 Å². The molecule has 1 saturated heterocycles. The van der Waals surface area contributed by atoms with Crippen molar-refractivity contribution in [1.29, 1.82) is 0 Å². The number of hydrogen-bond acceptors (Lipinski definition) is 4. The number of pyridine rings is 1. The summed E-state index contributed by atoms with van der Waals surface area (Å²) in [5.74, 6) is 0.636. The van der Waals surface area contributed by atoms with E-state index >= 15 is 0 Å². The summed E-state index contributed by atoms with van der Waals surface area (Å²) in [6.07, 6.45) is 1.72. The van der Waals surface area contributed by atoms with E-state index in [4.69, 9.17) is 4.74 Å². The molecule has 23 heavy (non-hydrogen) atoms. The van der Waals surface area contributed by atoms with Gasteiger partial charge in [-0.15, -0.1) is 0 Å². The van der Waals surface area contributed by atoms with Crippen LogP contribution in [-0.4, -0.2) is 37.2 Å². The molecule has 5 heteroatoms. The Kier molecular flexibility index (Phi) is 4.88. The molecule has 1 aromatic heterocycles. The zero-order chi connectivity index (χ0) is 16.1. The minimum atomic E-state index is -0.0971. The highest BCUT2D eigenvalue weighted by Gasteiger charge is 2.19. The lowest BCUT2D eigenvalue weighted by Crippen LogP contribution is -2.38. The molecule has 0 radical (unpaired) electrons. The standard InChI is InChI=1S/C18H21N3O2/c1-14-4-6-15(7-5-14)13-20-18(22)16-3-2-8-19-17(16)21-9-11-23-12-10-21/h2-8H,9-13H2,1H3,(H,20,22). The highest BCUT2D eigenvalue weighted by Crippen LogP contribution is 2.18. The quantitative estimate of drug-likeness (QED) is 0.940. The Morgan fingerprint density at radius 2 is 1.96 bits per heavy atom. The van der Waals surface area contributed by atoms with Crippen molar-refractivity contribution in [3.63, 3.8) is 0 Å². The molecular weight excluding hydrogens is 290 g/mol. The van der Waals surface area contributed by atoms with Crippen LogP contribution in [0.15, 0.2) is 42.6 Å². The molecular formula is C18H21N3O2. The average Bonchev–Trinajstić information content (AvgIpc) is 2.62. The minimum Gasteiger partial charge on any atom is -0.378 e. The van der Waals surface area contributed by atoms with Crippen molar-refractivity contribution in [2.45, 2.75) is 13.5 Å². The Morgan fingerprint density at radius 3 is 2.70 bits per heavy atom. The summed E-state index contributed by atoms with van der Waals surface area (Å²) in [4.78, 5) is 19.0. The first-order chi connectivity index (χ1) is 11.2. The Labute approximate surface area is 136 Å². The largest absolute Gasteiger partial charge is 0.378 e. The van der Waals surface area contributed by atoms with Gasteiger partial charge in [0.1, 0.15) is 5.82 Å². The first kappa shape index (κ1) is 15.5. The van der Waals surface area contributed by atoms with E-state index in [1.165, 1.54) is 5.56 Å². The maximum Gasteiger partial charge on any atom is 0.255 e. The lowest BCUT2D eigenvalue weighted by atomic mass is 10.1. The third-order valence-corrected chi connectivity index (χ3v) is 3.92. The number of morpholine rings is 1. The van der Waals surface area contributed by atoms with E-state index in [0.717, 1.165) is 24.5 Å². The zero-order valence-electron chi connectivity index (χ0n) is 13.3. The molecule has 1 aliphatic heterocycles. The normalized spacial score (nSPS) is 14.6. The predicted octanol–water partition coefficient (Wildman–Crippen LogP) is 2.16. The van der Waals surface area contributed by atoms with E-state index in [2.05, 4.69) is 15.2 Å². The number of carbonyl (C=O) groups is 1. The van der Waals surface area contributed by atoms with Crippen LogP contribution in [0.2, 0.25) is 0 Å². The number of amides is 1. The molecule has 0 aliphatic carbocycles. The van der Waals surface area contributed by atoms with Crippen LogP contribution in [0.4, 0.5) is 5.82 Å². The second-order valence-electron chi connectivity index (χ2n) is 5.64. The fourth-order valence-corrected chi connectivity index (χ4v) is 2.58. The number of benzene rings is 1. The maximum absolute atomic E-state index is 12.5. The Morgan fingerprint density at radius 1 is 1.22 bits per heavy atom. The zero-order valence-corrected chi connectivity index (χ0v) is 13.3. The molecule has 0 saturated carbocycles. The molecule has 1 aliphatic rings. The van der Waals surface area contributed by atoms with Crippen molar-refractivity contribution in [3.05, 3.63) is 59.3 Å². The highest BCUT2D eigenvalue weighted by molar-refractivity contribution is 5.98. The third kappa shape index (κ3) is 3.87. The molecule has 1 N–H and O–H groups in total. The number of nitrogens with one attached hydrogen (secondary N) is 1. The molecule has 3 rings (SSSR count). The van der Waals surface area contributed by atoms with Gasteiger partial charge in [-0.05, 0) is 24.6 Å². The number of aryl methyl sites for hydroxylation is 1. The Balaban J connectivity index is 1.70. The summed E-state index contributed by atoms with van der Waals surface area (Å²) >= 11 is 0. The first-order valence-electron chi connectivity index (χ1n) is 7.85. The molecule has 2 heterocycles. The van der Waals surface area contributed by atoms with Gasteiger partial charge in [-0.2, -0.15) is 0 Å². The summed E-state index contributed by atoms with van der Waals surface area (Å²) in [5, 5.41) is 2.98. The molecule has 1 amide bonds. The summed E-state index contributed by atoms with van der Waals surface area (Å²) in [6, 6.07) is 11.8. The average molecular weight is 311 g/mol. The van der Waals surface area contributed by atoms with Gasteiger partial charge in [-0.25, -0.2) is 4.98 Å². The summed E-state index contributed by atoms with van der Waals surface area (Å²) in [7, 11) is 0. The third-order valence-electron chi connectivity index (χ3n) is 3.92. The van der Waals surface area contributed by atoms with Gasteiger partial charge in [0.25, 0.3) is 5.91 Å². The fourth-order valence-electron chi connectivity index (χ4n) is 2.58. The van der Waals surface area contributed by atoms with Gasteiger partial charge in [-0.1, -0.05) is 29.8 Å². The van der Waals surface area contributed by atoms with Gasteiger partial charge in [0, 0.05) is 25.8 Å². The number of anilines is 1. The molecule has 1 aromatic carbocycles. The van der Waals surface area contributed by atoms with Crippen molar-refractivity contribution in [2.75, 3.05) is 31.2 Å². The predicted molar refractivity (Wildman–Crippen MR) is 89.6 cm³/mol. The molecule has 0 bridgehead atoms. The van der Waals surface area contributed by atoms with E-state index in [-0.39, 0.29) is 5.91 Å². The molecule has 1 fully saturated rings. The van der Waals surface area contributed by atoms with Crippen LogP contribution < -0.4 is 10.2 Å². The van der Waals surface area contributed by atoms with E-state index < -0.39 is 0 Å². The molecule has 2 aromatic rings. The van der Waals surface area contributed by atoms with Crippen LogP contribution in [0.3, 0.4) is 0 Å². The fraction of sp³-hybridized carbons (Fsp3) is 0.333. The number of aromatic nitrogens is 1. The van der Waals surface area contributed by atoms with Crippen LogP contribution in [0.5, 0.6) is 0 Å². The van der Waals surface area contributed by atoms with Crippen molar-refractivity contribution in [3.8, 4) is 0 Å². The van der Waals surface area contributed by atoms with Gasteiger partial charge in [-0.3, -0.25) is 4.79 Å². The van der Waals surface area contributed by atoms with E-state index in [1.807, 2.05) is 37.3 Å². The van der Waals surface area contributed by atoms with E-state index in [0.29, 0.717) is 25.3 Å². The van der Waals surface area contributed by atoms with Gasteiger partial charge in [0.2, 0.25) is 0 Å². The van der Waals surface area contributed by atoms with Crippen LogP contribution in [0, 0.1) is 6.92 Å². The molecule has 120 valence electrons. The lowest BCUT2D eigenvalue weighted by molar-refractivity contribution is 0.0949. The summed E-state index contributed by atoms with van der Waals surface area (Å²) in [6.45, 7) is 5.41. The second kappa shape index (κ2) is 7.24. The van der Waals surface area contributed by atoms with Crippen molar-refractivity contribution < 1.29 is 9.53 Å². The highest BCUT2D eigenvalue weighted by atomic mass is 16.5. The smallest absolute Gasteiger partial charge is 0.255 e. The molecule has 0 spiro atoms. The minimum absolute atomic E-state index is 0.0971. The molecule has 0 atom stereocenters. The number of carbonyl (C=O) groups excluding carboxylic acids is 1. The van der Waals surface area contributed by atoms with Crippen molar-refractivity contribution >= 4 is 11.7 Å². The lowest BCUT2D eigenvalue weighted by Gasteiger charge is -2.29. The van der Waals surface area contributed by atoms with Crippen LogP contribution >= 0.6 is 0 Å². The Bertz CT molecular complexity index is 664. The topological polar surface area (TPSA) is 54.5 Å². The van der Waals surface area contributed by atoms with Crippen molar-refractivity contribution in [2.24, 2.45) is 0 Å². The number of ether oxygens (including phenoxy) is 1. The summed E-state index contributed by atoms with van der Waals surface area (Å²) in [5.41, 5.74) is 2.91. The SMILES string of the molecule is Cc1ccc(CNC(=O)c2cccnc2N2CCOCC2)cc1. The number of hydrogen-bond donors (Lipinski definition) is 1. The number of nitrogens with zero attached hydrogens (tertiary/aromatic N) is 2. The van der Waals surface area contributed by atoms with Crippen LogP contribution in [0.25, 0.3) is 0 Å². The second-order valence-corrected chi connectivity index (χ2v) is 5.64. The maximum atomic E-state index is 12.5. The van der Waals surface area contributed by atoms with Crippen LogP contribution in [0.1, 0.15) is 21.5 Å². The first-order valence-corrected chi connectivity index (χ1v) is 7.85. The van der Waals surface area contributed by atoms with Gasteiger partial charge in [0.15, 0.2) is 0 Å². The van der Waals surface area contributed by atoms with Crippen molar-refractivity contribution in [1.82, 2.24) is 10.3 Å². The Hall–Kier alpha value is -2.40. The van der Waals surface area contributed by atoms with E-state index in [1.54, 1.807) is 12.3 Å². The molecule has 0 unspecified atom stereocenters. The molecule has 5 nitrogen and oxygen atoms in total.